The molecule has 0 saturated heterocycles. The molecule has 4 rings (SSSR count). The van der Waals surface area contributed by atoms with Crippen molar-refractivity contribution >= 4 is 28.4 Å². The standard InChI is InChI=1S/C19H15N3O4/c23-18-11-26-17-8-6-13(19(24)21-25)9-16(17)22(18)10-14-7-5-12-3-1-2-4-15(12)20-14/h1-9,25H,10-11H2,(H,21,24). The molecule has 26 heavy (non-hydrogen) atoms. The molecule has 0 spiro atoms. The number of hydrogen-bond donors (Lipinski definition) is 2. The van der Waals surface area contributed by atoms with Gasteiger partial charge in [0.25, 0.3) is 11.8 Å². The van der Waals surface area contributed by atoms with Gasteiger partial charge in [-0.2, -0.15) is 0 Å². The maximum Gasteiger partial charge on any atom is 0.274 e. The number of nitrogens with zero attached hydrogens (tertiary/aromatic N) is 2. The van der Waals surface area contributed by atoms with Gasteiger partial charge in [-0.3, -0.25) is 24.7 Å². The first-order valence-electron chi connectivity index (χ1n) is 8.02. The fourth-order valence-corrected chi connectivity index (χ4v) is 2.94. The molecule has 130 valence electrons. The minimum absolute atomic E-state index is 0.0773. The Morgan fingerprint density at radius 1 is 1.19 bits per heavy atom. The third kappa shape index (κ3) is 2.84. The van der Waals surface area contributed by atoms with Crippen molar-refractivity contribution in [2.45, 2.75) is 6.54 Å². The number of rotatable bonds is 3. The van der Waals surface area contributed by atoms with E-state index in [2.05, 4.69) is 4.98 Å². The molecule has 2 heterocycles. The maximum atomic E-state index is 12.4. The van der Waals surface area contributed by atoms with Crippen LogP contribution in [0.5, 0.6) is 5.75 Å². The highest BCUT2D eigenvalue weighted by molar-refractivity contribution is 6.01. The Morgan fingerprint density at radius 3 is 2.88 bits per heavy atom. The molecule has 7 heteroatoms. The highest BCUT2D eigenvalue weighted by Gasteiger charge is 2.27. The van der Waals surface area contributed by atoms with Crippen molar-refractivity contribution in [2.75, 3.05) is 11.5 Å². The SMILES string of the molecule is O=C(NO)c1ccc2c(c1)N(Cc1ccc3ccccc3n1)C(=O)CO2. The largest absolute Gasteiger partial charge is 0.482 e. The van der Waals surface area contributed by atoms with Crippen LogP contribution in [0.3, 0.4) is 0 Å². The Kier molecular flexibility index (Phi) is 3.98. The third-order valence-corrected chi connectivity index (χ3v) is 4.24. The van der Waals surface area contributed by atoms with Gasteiger partial charge >= 0.3 is 0 Å². The van der Waals surface area contributed by atoms with E-state index >= 15 is 0 Å². The van der Waals surface area contributed by atoms with E-state index in [0.29, 0.717) is 11.4 Å². The van der Waals surface area contributed by atoms with Gasteiger partial charge in [-0.05, 0) is 30.3 Å². The van der Waals surface area contributed by atoms with Crippen LogP contribution in [0.4, 0.5) is 5.69 Å². The predicted octanol–water partition coefficient (Wildman–Crippen LogP) is 2.28. The molecule has 0 bridgehead atoms. The Balaban J connectivity index is 1.71. The zero-order valence-electron chi connectivity index (χ0n) is 13.7. The summed E-state index contributed by atoms with van der Waals surface area (Å²) in [5.74, 6) is -0.386. The number of aromatic nitrogens is 1. The summed E-state index contributed by atoms with van der Waals surface area (Å²) in [5, 5.41) is 9.84. The van der Waals surface area contributed by atoms with E-state index in [4.69, 9.17) is 9.94 Å². The molecule has 1 aliphatic heterocycles. The van der Waals surface area contributed by atoms with Crippen molar-refractivity contribution in [3.05, 3.63) is 65.9 Å². The summed E-state index contributed by atoms with van der Waals surface area (Å²) in [6, 6.07) is 16.2. The second-order valence-corrected chi connectivity index (χ2v) is 5.89. The number of fused-ring (bicyclic) bond motifs is 2. The van der Waals surface area contributed by atoms with E-state index in [9.17, 15) is 9.59 Å². The van der Waals surface area contributed by atoms with Gasteiger partial charge in [-0.1, -0.05) is 24.3 Å². The van der Waals surface area contributed by atoms with Crippen LogP contribution in [0.1, 0.15) is 16.1 Å². The first-order chi connectivity index (χ1) is 12.7. The molecule has 1 aromatic heterocycles. The second kappa shape index (κ2) is 6.45. The minimum atomic E-state index is -0.658. The van der Waals surface area contributed by atoms with Crippen LogP contribution in [-0.2, 0) is 11.3 Å². The van der Waals surface area contributed by atoms with Gasteiger partial charge in [0.05, 0.1) is 23.4 Å². The number of para-hydroxylation sites is 1. The lowest BCUT2D eigenvalue weighted by atomic mass is 10.1. The first-order valence-corrected chi connectivity index (χ1v) is 8.02. The topological polar surface area (TPSA) is 91.8 Å². The summed E-state index contributed by atoms with van der Waals surface area (Å²) >= 11 is 0. The molecule has 2 N–H and O–H groups in total. The quantitative estimate of drug-likeness (QED) is 0.559. The van der Waals surface area contributed by atoms with Gasteiger partial charge in [-0.25, -0.2) is 5.48 Å². The number of hydroxylamine groups is 1. The molecule has 3 aromatic rings. The van der Waals surface area contributed by atoms with Crippen molar-refractivity contribution in [1.82, 2.24) is 10.5 Å². The van der Waals surface area contributed by atoms with E-state index < -0.39 is 5.91 Å². The Labute approximate surface area is 148 Å². The zero-order chi connectivity index (χ0) is 18.1. The lowest BCUT2D eigenvalue weighted by molar-refractivity contribution is -0.121. The highest BCUT2D eigenvalue weighted by atomic mass is 16.5. The molecule has 2 aromatic carbocycles. The predicted molar refractivity (Wildman–Crippen MR) is 94.1 cm³/mol. The van der Waals surface area contributed by atoms with Gasteiger partial charge < -0.3 is 4.74 Å². The van der Waals surface area contributed by atoms with Crippen molar-refractivity contribution in [1.29, 1.82) is 0 Å². The number of benzene rings is 2. The van der Waals surface area contributed by atoms with Crippen molar-refractivity contribution in [3.8, 4) is 5.75 Å². The normalized spacial score (nSPS) is 13.3. The average molecular weight is 349 g/mol. The molecule has 0 fully saturated rings. The Hall–Kier alpha value is -3.45. The van der Waals surface area contributed by atoms with Gasteiger partial charge in [0.15, 0.2) is 6.61 Å². The summed E-state index contributed by atoms with van der Waals surface area (Å²) in [7, 11) is 0. The molecule has 1 aliphatic rings. The molecule has 0 unspecified atom stereocenters. The van der Waals surface area contributed by atoms with E-state index in [1.54, 1.807) is 11.5 Å². The number of pyridine rings is 1. The fraction of sp³-hybridized carbons (Fsp3) is 0.105. The Morgan fingerprint density at radius 2 is 2.04 bits per heavy atom. The summed E-state index contributed by atoms with van der Waals surface area (Å²) in [6.45, 7) is 0.177. The van der Waals surface area contributed by atoms with Crippen molar-refractivity contribution < 1.29 is 19.5 Å². The number of hydrogen-bond acceptors (Lipinski definition) is 5. The average Bonchev–Trinajstić information content (AvgIpc) is 2.69. The van der Waals surface area contributed by atoms with Gasteiger partial charge in [0, 0.05) is 10.9 Å². The monoisotopic (exact) mass is 349 g/mol. The van der Waals surface area contributed by atoms with Crippen LogP contribution in [0.2, 0.25) is 0 Å². The molecule has 0 aliphatic carbocycles. The van der Waals surface area contributed by atoms with E-state index in [-0.39, 0.29) is 24.6 Å². The minimum Gasteiger partial charge on any atom is -0.482 e. The van der Waals surface area contributed by atoms with Crippen molar-refractivity contribution in [2.24, 2.45) is 0 Å². The van der Waals surface area contributed by atoms with Crippen LogP contribution in [-0.4, -0.2) is 28.6 Å². The number of carbonyl (C=O) groups excluding carboxylic acids is 2. The number of ether oxygens (including phenoxy) is 1. The number of carbonyl (C=O) groups is 2. The summed E-state index contributed by atoms with van der Waals surface area (Å²) in [6.07, 6.45) is 0. The molecule has 0 atom stereocenters. The fourth-order valence-electron chi connectivity index (χ4n) is 2.94. The van der Waals surface area contributed by atoms with Crippen LogP contribution in [0, 0.1) is 0 Å². The molecular formula is C19H15N3O4. The number of nitrogens with one attached hydrogen (secondary N) is 1. The Bertz CT molecular complexity index is 1020. The third-order valence-electron chi connectivity index (χ3n) is 4.24. The molecule has 0 radical (unpaired) electrons. The van der Waals surface area contributed by atoms with Crippen LogP contribution < -0.4 is 15.1 Å². The summed E-state index contributed by atoms with van der Waals surface area (Å²) in [5.41, 5.74) is 3.85. The molecule has 7 nitrogen and oxygen atoms in total. The van der Waals surface area contributed by atoms with Crippen molar-refractivity contribution in [3.63, 3.8) is 0 Å². The van der Waals surface area contributed by atoms with E-state index in [1.165, 1.54) is 17.0 Å². The molecule has 2 amide bonds. The first kappa shape index (κ1) is 16.0. The van der Waals surface area contributed by atoms with Gasteiger partial charge in [0.1, 0.15) is 5.75 Å². The highest BCUT2D eigenvalue weighted by Crippen LogP contribution is 2.34. The van der Waals surface area contributed by atoms with Crippen LogP contribution in [0.25, 0.3) is 10.9 Å². The lowest BCUT2D eigenvalue weighted by Crippen LogP contribution is -2.38. The second-order valence-electron chi connectivity index (χ2n) is 5.89. The van der Waals surface area contributed by atoms with E-state index in [1.807, 2.05) is 36.4 Å². The number of amides is 2. The zero-order valence-corrected chi connectivity index (χ0v) is 13.7. The number of anilines is 1. The van der Waals surface area contributed by atoms with Crippen LogP contribution in [0.15, 0.2) is 54.6 Å². The lowest BCUT2D eigenvalue weighted by Gasteiger charge is -2.29. The van der Waals surface area contributed by atoms with Gasteiger partial charge in [0.2, 0.25) is 0 Å². The summed E-state index contributed by atoms with van der Waals surface area (Å²) in [4.78, 5) is 30.2. The smallest absolute Gasteiger partial charge is 0.274 e. The molecule has 0 saturated carbocycles. The summed E-state index contributed by atoms with van der Waals surface area (Å²) < 4.78 is 5.44. The maximum absolute atomic E-state index is 12.4. The van der Waals surface area contributed by atoms with Gasteiger partial charge in [-0.15, -0.1) is 0 Å². The van der Waals surface area contributed by atoms with Crippen LogP contribution >= 0.6 is 0 Å². The van der Waals surface area contributed by atoms with E-state index in [0.717, 1.165) is 16.6 Å². The molecular weight excluding hydrogens is 334 g/mol.